The molecule has 0 saturated carbocycles. The number of aromatic nitrogens is 2. The number of hydrogen-bond acceptors (Lipinski definition) is 3. The Bertz CT molecular complexity index is 392. The zero-order valence-electron chi connectivity index (χ0n) is 8.95. The number of rotatable bonds is 3. The van der Waals surface area contributed by atoms with Gasteiger partial charge in [-0.3, -0.25) is 4.68 Å². The second kappa shape index (κ2) is 5.29. The Hall–Kier alpha value is -0.850. The second-order valence-corrected chi connectivity index (χ2v) is 4.37. The predicted octanol–water partition coefficient (Wildman–Crippen LogP) is 2.15. The lowest BCUT2D eigenvalue weighted by Crippen LogP contribution is -2.07. The highest BCUT2D eigenvalue weighted by molar-refractivity contribution is 14.1. The van der Waals surface area contributed by atoms with E-state index in [9.17, 15) is 4.79 Å². The van der Waals surface area contributed by atoms with Gasteiger partial charge in [-0.15, -0.1) is 0 Å². The fourth-order valence-electron chi connectivity index (χ4n) is 0.921. The minimum atomic E-state index is -0.329. The molecule has 4 nitrogen and oxygen atoms in total. The van der Waals surface area contributed by atoms with Crippen LogP contribution in [0.3, 0.4) is 0 Å². The van der Waals surface area contributed by atoms with Gasteiger partial charge < -0.3 is 4.74 Å². The fraction of sp³-hybridized carbons (Fsp3) is 0.400. The molecule has 1 rings (SSSR count). The molecule has 0 aromatic carbocycles. The van der Waals surface area contributed by atoms with Crippen molar-refractivity contribution in [2.75, 3.05) is 6.61 Å². The van der Waals surface area contributed by atoms with Gasteiger partial charge in [0.1, 0.15) is 15.9 Å². The summed E-state index contributed by atoms with van der Waals surface area (Å²) in [5, 5.41) is 3.97. The molecular formula is C10H13IN2O2. The Morgan fingerprint density at radius 1 is 1.67 bits per heavy atom. The lowest BCUT2D eigenvalue weighted by atomic mass is 10.3. The van der Waals surface area contributed by atoms with Crippen molar-refractivity contribution in [1.82, 2.24) is 9.78 Å². The van der Waals surface area contributed by atoms with Gasteiger partial charge in [0, 0.05) is 7.05 Å². The summed E-state index contributed by atoms with van der Waals surface area (Å²) in [5.74, 6) is -0.329. The van der Waals surface area contributed by atoms with Gasteiger partial charge in [-0.2, -0.15) is 5.10 Å². The molecular weight excluding hydrogens is 307 g/mol. The van der Waals surface area contributed by atoms with Gasteiger partial charge in [0.25, 0.3) is 0 Å². The normalized spacial score (nSPS) is 9.87. The third kappa shape index (κ3) is 3.33. The first-order chi connectivity index (χ1) is 7.02. The van der Waals surface area contributed by atoms with Crippen molar-refractivity contribution in [3.63, 3.8) is 0 Å². The van der Waals surface area contributed by atoms with E-state index in [2.05, 4.69) is 27.7 Å². The topological polar surface area (TPSA) is 44.1 Å². The van der Waals surface area contributed by atoms with E-state index in [4.69, 9.17) is 4.74 Å². The van der Waals surface area contributed by atoms with Gasteiger partial charge in [-0.25, -0.2) is 4.79 Å². The summed E-state index contributed by atoms with van der Waals surface area (Å²) in [4.78, 5) is 11.6. The van der Waals surface area contributed by atoms with Crippen LogP contribution in [0.15, 0.2) is 17.8 Å². The van der Waals surface area contributed by atoms with Crippen LogP contribution < -0.4 is 0 Å². The van der Waals surface area contributed by atoms with Gasteiger partial charge >= 0.3 is 5.97 Å². The number of carbonyl (C=O) groups excluding carboxylic acids is 1. The van der Waals surface area contributed by atoms with Crippen molar-refractivity contribution in [1.29, 1.82) is 0 Å². The average molecular weight is 320 g/mol. The van der Waals surface area contributed by atoms with Crippen molar-refractivity contribution in [2.24, 2.45) is 7.05 Å². The third-order valence-electron chi connectivity index (χ3n) is 1.79. The SMILES string of the molecule is CC(C)=CCOC(=O)c1cnn(C)c1I. The summed E-state index contributed by atoms with van der Waals surface area (Å²) in [5.41, 5.74) is 1.64. The summed E-state index contributed by atoms with van der Waals surface area (Å²) in [7, 11) is 1.79. The molecule has 0 fully saturated rings. The first kappa shape index (κ1) is 12.2. The number of aryl methyl sites for hydroxylation is 1. The van der Waals surface area contributed by atoms with Crippen LogP contribution in [-0.2, 0) is 11.8 Å². The highest BCUT2D eigenvalue weighted by Crippen LogP contribution is 2.11. The van der Waals surface area contributed by atoms with Crippen molar-refractivity contribution >= 4 is 28.6 Å². The van der Waals surface area contributed by atoms with Crippen LogP contribution in [0.2, 0.25) is 0 Å². The lowest BCUT2D eigenvalue weighted by molar-refractivity contribution is 0.0547. The standard InChI is InChI=1S/C10H13IN2O2/c1-7(2)4-5-15-10(14)8-6-12-13(3)9(8)11/h4,6H,5H2,1-3H3. The van der Waals surface area contributed by atoms with Crippen molar-refractivity contribution < 1.29 is 9.53 Å². The van der Waals surface area contributed by atoms with Crippen LogP contribution in [0.1, 0.15) is 24.2 Å². The molecule has 0 aliphatic carbocycles. The molecule has 0 aliphatic rings. The van der Waals surface area contributed by atoms with Crippen molar-refractivity contribution in [3.8, 4) is 0 Å². The molecule has 1 aromatic heterocycles. The third-order valence-corrected chi connectivity index (χ3v) is 3.07. The first-order valence-electron chi connectivity index (χ1n) is 4.50. The number of nitrogens with zero attached hydrogens (tertiary/aromatic N) is 2. The Balaban J connectivity index is 2.62. The largest absolute Gasteiger partial charge is 0.458 e. The molecule has 1 aromatic rings. The zero-order valence-corrected chi connectivity index (χ0v) is 11.1. The number of hydrogen-bond donors (Lipinski definition) is 0. The van der Waals surface area contributed by atoms with E-state index in [-0.39, 0.29) is 5.97 Å². The Morgan fingerprint density at radius 3 is 2.80 bits per heavy atom. The number of allylic oxidation sites excluding steroid dienone is 1. The van der Waals surface area contributed by atoms with E-state index in [1.54, 1.807) is 11.7 Å². The van der Waals surface area contributed by atoms with Crippen molar-refractivity contribution in [2.45, 2.75) is 13.8 Å². The number of esters is 1. The molecule has 0 unspecified atom stereocenters. The van der Waals surface area contributed by atoms with Crippen molar-refractivity contribution in [3.05, 3.63) is 27.1 Å². The summed E-state index contributed by atoms with van der Waals surface area (Å²) in [6.07, 6.45) is 3.38. The Kier molecular flexibility index (Phi) is 4.31. The summed E-state index contributed by atoms with van der Waals surface area (Å²) >= 11 is 2.06. The highest BCUT2D eigenvalue weighted by Gasteiger charge is 2.14. The van der Waals surface area contributed by atoms with Crippen LogP contribution in [-0.4, -0.2) is 22.4 Å². The number of halogens is 1. The minimum absolute atomic E-state index is 0.312. The minimum Gasteiger partial charge on any atom is -0.458 e. The van der Waals surface area contributed by atoms with E-state index < -0.39 is 0 Å². The van der Waals surface area contributed by atoms with E-state index in [0.29, 0.717) is 12.2 Å². The lowest BCUT2D eigenvalue weighted by Gasteiger charge is -2.00. The monoisotopic (exact) mass is 320 g/mol. The van der Waals surface area contributed by atoms with E-state index in [1.807, 2.05) is 19.9 Å². The quantitative estimate of drug-likeness (QED) is 0.487. The molecule has 0 N–H and O–H groups in total. The molecule has 0 radical (unpaired) electrons. The molecule has 15 heavy (non-hydrogen) atoms. The van der Waals surface area contributed by atoms with Crippen LogP contribution in [0.5, 0.6) is 0 Å². The molecule has 0 atom stereocenters. The van der Waals surface area contributed by atoms with Crippen LogP contribution >= 0.6 is 22.6 Å². The van der Waals surface area contributed by atoms with Crippen LogP contribution in [0.4, 0.5) is 0 Å². The highest BCUT2D eigenvalue weighted by atomic mass is 127. The predicted molar refractivity (Wildman–Crippen MR) is 65.6 cm³/mol. The fourth-order valence-corrected chi connectivity index (χ4v) is 1.41. The van der Waals surface area contributed by atoms with E-state index in [0.717, 1.165) is 9.27 Å². The molecule has 0 bridgehead atoms. The zero-order chi connectivity index (χ0) is 11.4. The van der Waals surface area contributed by atoms with E-state index in [1.165, 1.54) is 6.20 Å². The number of ether oxygens (including phenoxy) is 1. The van der Waals surface area contributed by atoms with E-state index >= 15 is 0 Å². The van der Waals surface area contributed by atoms with Gasteiger partial charge in [-0.1, -0.05) is 5.57 Å². The molecule has 0 spiro atoms. The maximum absolute atomic E-state index is 11.6. The molecule has 5 heteroatoms. The molecule has 82 valence electrons. The summed E-state index contributed by atoms with van der Waals surface area (Å²) < 4.78 is 7.48. The summed E-state index contributed by atoms with van der Waals surface area (Å²) in [6, 6.07) is 0. The Labute approximate surface area is 102 Å². The maximum Gasteiger partial charge on any atom is 0.342 e. The maximum atomic E-state index is 11.6. The molecule has 0 amide bonds. The van der Waals surface area contributed by atoms with Crippen LogP contribution in [0.25, 0.3) is 0 Å². The second-order valence-electron chi connectivity index (χ2n) is 3.35. The Morgan fingerprint density at radius 2 is 2.33 bits per heavy atom. The number of carbonyl (C=O) groups is 1. The molecule has 1 heterocycles. The summed E-state index contributed by atoms with van der Waals surface area (Å²) in [6.45, 7) is 4.23. The van der Waals surface area contributed by atoms with Gasteiger partial charge in [-0.05, 0) is 42.5 Å². The molecule has 0 aliphatic heterocycles. The average Bonchev–Trinajstić information content (AvgIpc) is 2.47. The first-order valence-corrected chi connectivity index (χ1v) is 5.58. The molecule has 0 saturated heterocycles. The smallest absolute Gasteiger partial charge is 0.342 e. The van der Waals surface area contributed by atoms with Gasteiger partial charge in [0.15, 0.2) is 0 Å². The van der Waals surface area contributed by atoms with Gasteiger partial charge in [0.05, 0.1) is 6.20 Å². The van der Waals surface area contributed by atoms with Crippen LogP contribution in [0, 0.1) is 3.70 Å². The van der Waals surface area contributed by atoms with Gasteiger partial charge in [0.2, 0.25) is 0 Å².